The van der Waals surface area contributed by atoms with Gasteiger partial charge in [0.25, 0.3) is 0 Å². The van der Waals surface area contributed by atoms with Crippen LogP contribution in [0, 0.1) is 0 Å². The molecule has 1 fully saturated rings. The molecular weight excluding hydrogens is 211 g/mol. The Hall–Kier alpha value is -0.275. The Morgan fingerprint density at radius 1 is 1.00 bits per heavy atom. The van der Waals surface area contributed by atoms with Crippen molar-refractivity contribution in [3.05, 3.63) is 12.7 Å². The molecule has 1 rings (SSSR count). The molecular formula is C14H27BO2. The van der Waals surface area contributed by atoms with Crippen LogP contribution in [0.2, 0.25) is 5.82 Å². The van der Waals surface area contributed by atoms with Crippen molar-refractivity contribution in [3.8, 4) is 0 Å². The number of hydrogen-bond donors (Lipinski definition) is 0. The van der Waals surface area contributed by atoms with E-state index >= 15 is 0 Å². The second-order valence-electron chi connectivity index (χ2n) is 5.10. The SMILES string of the molecule is C=CC(C)B1OC(CC)(CC)C(CC)(CC)O1. The lowest BCUT2D eigenvalue weighted by atomic mass is 9.73. The summed E-state index contributed by atoms with van der Waals surface area (Å²) in [5.41, 5.74) is -0.253. The lowest BCUT2D eigenvalue weighted by Crippen LogP contribution is -2.50. The summed E-state index contributed by atoms with van der Waals surface area (Å²) in [6.07, 6.45) is 5.94. The van der Waals surface area contributed by atoms with E-state index in [0.29, 0.717) is 0 Å². The van der Waals surface area contributed by atoms with Crippen molar-refractivity contribution in [3.63, 3.8) is 0 Å². The molecule has 1 unspecified atom stereocenters. The molecule has 3 heteroatoms. The van der Waals surface area contributed by atoms with Crippen LogP contribution in [0.25, 0.3) is 0 Å². The van der Waals surface area contributed by atoms with E-state index < -0.39 is 0 Å². The summed E-state index contributed by atoms with van der Waals surface area (Å²) in [5, 5.41) is 0. The fourth-order valence-electron chi connectivity index (χ4n) is 3.13. The molecule has 0 radical (unpaired) electrons. The first-order valence-electron chi connectivity index (χ1n) is 7.02. The summed E-state index contributed by atoms with van der Waals surface area (Å²) in [4.78, 5) is 0. The number of rotatable bonds is 6. The molecule has 0 aromatic rings. The average molecular weight is 238 g/mol. The lowest BCUT2D eigenvalue weighted by molar-refractivity contribution is -0.0601. The zero-order valence-electron chi connectivity index (χ0n) is 12.1. The van der Waals surface area contributed by atoms with Crippen LogP contribution in [0.1, 0.15) is 60.3 Å². The van der Waals surface area contributed by atoms with Crippen LogP contribution in [0.3, 0.4) is 0 Å². The summed E-state index contributed by atoms with van der Waals surface area (Å²) in [6, 6.07) is 0. The van der Waals surface area contributed by atoms with Crippen molar-refractivity contribution in [2.24, 2.45) is 0 Å². The van der Waals surface area contributed by atoms with Crippen LogP contribution in [0.5, 0.6) is 0 Å². The fourth-order valence-corrected chi connectivity index (χ4v) is 3.13. The first-order valence-corrected chi connectivity index (χ1v) is 7.02. The van der Waals surface area contributed by atoms with Crippen LogP contribution < -0.4 is 0 Å². The average Bonchev–Trinajstić information content (AvgIpc) is 2.73. The maximum absolute atomic E-state index is 6.30. The zero-order chi connectivity index (χ0) is 13.1. The Labute approximate surface area is 107 Å². The molecule has 0 spiro atoms. The highest BCUT2D eigenvalue weighted by atomic mass is 16.7. The van der Waals surface area contributed by atoms with Crippen molar-refractivity contribution < 1.29 is 9.31 Å². The molecule has 0 amide bonds. The molecule has 0 saturated carbocycles. The van der Waals surface area contributed by atoms with Gasteiger partial charge in [0.2, 0.25) is 0 Å². The number of hydrogen-bond acceptors (Lipinski definition) is 2. The van der Waals surface area contributed by atoms with Gasteiger partial charge < -0.3 is 9.31 Å². The summed E-state index contributed by atoms with van der Waals surface area (Å²) in [6.45, 7) is 14.8. The van der Waals surface area contributed by atoms with Crippen molar-refractivity contribution in [2.75, 3.05) is 0 Å². The maximum atomic E-state index is 6.30. The topological polar surface area (TPSA) is 18.5 Å². The van der Waals surface area contributed by atoms with E-state index in [1.165, 1.54) is 0 Å². The Kier molecular flexibility index (Phi) is 4.85. The lowest BCUT2D eigenvalue weighted by Gasteiger charge is -2.42. The van der Waals surface area contributed by atoms with Crippen LogP contribution in [0.4, 0.5) is 0 Å². The minimum absolute atomic E-state index is 0.127. The third-order valence-corrected chi connectivity index (χ3v) is 4.60. The summed E-state index contributed by atoms with van der Waals surface area (Å²) in [7, 11) is -0.132. The quantitative estimate of drug-likeness (QED) is 0.509. The van der Waals surface area contributed by atoms with E-state index in [9.17, 15) is 0 Å². The molecule has 0 aliphatic carbocycles. The normalized spacial score (nSPS) is 23.7. The van der Waals surface area contributed by atoms with Crippen LogP contribution in [-0.4, -0.2) is 18.3 Å². The van der Waals surface area contributed by atoms with Gasteiger partial charge in [0.15, 0.2) is 0 Å². The van der Waals surface area contributed by atoms with Crippen molar-refractivity contribution in [2.45, 2.75) is 77.3 Å². The fraction of sp³-hybridized carbons (Fsp3) is 0.857. The molecule has 1 aliphatic heterocycles. The second kappa shape index (κ2) is 5.58. The Balaban J connectivity index is 3.05. The molecule has 1 saturated heterocycles. The first-order chi connectivity index (χ1) is 8.04. The Morgan fingerprint density at radius 3 is 1.59 bits per heavy atom. The molecule has 0 aromatic carbocycles. The molecule has 0 N–H and O–H groups in total. The van der Waals surface area contributed by atoms with E-state index in [2.05, 4.69) is 41.2 Å². The maximum Gasteiger partial charge on any atom is 0.464 e. The van der Waals surface area contributed by atoms with E-state index in [1.54, 1.807) is 0 Å². The van der Waals surface area contributed by atoms with Gasteiger partial charge in [0.05, 0.1) is 11.2 Å². The van der Waals surface area contributed by atoms with Gasteiger partial charge in [-0.05, 0) is 25.7 Å². The van der Waals surface area contributed by atoms with E-state index in [0.717, 1.165) is 25.7 Å². The van der Waals surface area contributed by atoms with E-state index in [-0.39, 0.29) is 24.1 Å². The highest BCUT2D eigenvalue weighted by Gasteiger charge is 2.58. The molecule has 2 nitrogen and oxygen atoms in total. The van der Waals surface area contributed by atoms with Gasteiger partial charge in [-0.1, -0.05) is 40.7 Å². The Morgan fingerprint density at radius 2 is 1.35 bits per heavy atom. The van der Waals surface area contributed by atoms with Gasteiger partial charge in [-0.2, -0.15) is 0 Å². The molecule has 0 bridgehead atoms. The smallest absolute Gasteiger partial charge is 0.402 e. The van der Waals surface area contributed by atoms with Gasteiger partial charge >= 0.3 is 7.12 Å². The summed E-state index contributed by atoms with van der Waals surface area (Å²) >= 11 is 0. The van der Waals surface area contributed by atoms with Crippen LogP contribution >= 0.6 is 0 Å². The van der Waals surface area contributed by atoms with E-state index in [1.807, 2.05) is 6.08 Å². The summed E-state index contributed by atoms with van der Waals surface area (Å²) < 4.78 is 12.6. The standard InChI is InChI=1S/C14H27BO2/c1-7-12(6)15-16-13(8-2,9-3)14(10-4,11-5)17-15/h7,12H,1,8-11H2,2-6H3. The summed E-state index contributed by atoms with van der Waals surface area (Å²) in [5.74, 6) is 0.243. The van der Waals surface area contributed by atoms with E-state index in [4.69, 9.17) is 9.31 Å². The largest absolute Gasteiger partial charge is 0.464 e. The van der Waals surface area contributed by atoms with Gasteiger partial charge in [0.1, 0.15) is 0 Å². The molecule has 1 atom stereocenters. The van der Waals surface area contributed by atoms with Crippen molar-refractivity contribution >= 4 is 7.12 Å². The third-order valence-electron chi connectivity index (χ3n) is 4.60. The monoisotopic (exact) mass is 238 g/mol. The zero-order valence-corrected chi connectivity index (χ0v) is 12.1. The predicted octanol–water partition coefficient (Wildman–Crippen LogP) is 4.22. The molecule has 1 aliphatic rings. The van der Waals surface area contributed by atoms with Crippen LogP contribution in [0.15, 0.2) is 12.7 Å². The van der Waals surface area contributed by atoms with Crippen molar-refractivity contribution in [1.29, 1.82) is 0 Å². The van der Waals surface area contributed by atoms with Crippen LogP contribution in [-0.2, 0) is 9.31 Å². The first kappa shape index (κ1) is 14.8. The molecule has 0 aromatic heterocycles. The molecule has 1 heterocycles. The highest BCUT2D eigenvalue weighted by Crippen LogP contribution is 2.48. The van der Waals surface area contributed by atoms with Gasteiger partial charge in [-0.25, -0.2) is 0 Å². The minimum atomic E-state index is -0.132. The predicted molar refractivity (Wildman–Crippen MR) is 74.2 cm³/mol. The second-order valence-corrected chi connectivity index (χ2v) is 5.10. The Bertz CT molecular complexity index is 237. The molecule has 98 valence electrons. The minimum Gasteiger partial charge on any atom is -0.402 e. The van der Waals surface area contributed by atoms with Gasteiger partial charge in [-0.3, -0.25) is 0 Å². The highest BCUT2D eigenvalue weighted by molar-refractivity contribution is 6.48. The third kappa shape index (κ3) is 2.20. The number of allylic oxidation sites excluding steroid dienone is 1. The van der Waals surface area contributed by atoms with Gasteiger partial charge in [-0.15, -0.1) is 6.58 Å². The molecule has 17 heavy (non-hydrogen) atoms. The van der Waals surface area contributed by atoms with Gasteiger partial charge in [0, 0.05) is 5.82 Å². The van der Waals surface area contributed by atoms with Crippen molar-refractivity contribution in [1.82, 2.24) is 0 Å².